The highest BCUT2D eigenvalue weighted by molar-refractivity contribution is 5.10. The Morgan fingerprint density at radius 3 is 1.20 bits per heavy atom. The van der Waals surface area contributed by atoms with Gasteiger partial charge in [-0.05, 0) is 39.3 Å². The molecule has 20 heavy (non-hydrogen) atoms. The minimum atomic E-state index is 0.968. The second kappa shape index (κ2) is 13.7. The molecule has 0 bridgehead atoms. The normalized spacial score (nSPS) is 8.00. The minimum Gasteiger partial charge on any atom is -0.261 e. The highest BCUT2D eigenvalue weighted by Crippen LogP contribution is 1.94. The van der Waals surface area contributed by atoms with Gasteiger partial charge in [0.1, 0.15) is 0 Å². The van der Waals surface area contributed by atoms with E-state index >= 15 is 0 Å². The molecule has 0 amide bonds. The molecular formula is C17H29N3. The summed E-state index contributed by atoms with van der Waals surface area (Å²) >= 11 is 0. The van der Waals surface area contributed by atoms with E-state index in [1.807, 2.05) is 67.7 Å². The van der Waals surface area contributed by atoms with Gasteiger partial charge in [0.05, 0.1) is 11.4 Å². The van der Waals surface area contributed by atoms with Crippen LogP contribution in [0.5, 0.6) is 0 Å². The number of aryl methyl sites for hydroxylation is 4. The molecule has 0 fully saturated rings. The highest BCUT2D eigenvalue weighted by atomic mass is 14.8. The van der Waals surface area contributed by atoms with Crippen molar-refractivity contribution < 1.29 is 0 Å². The fourth-order valence-electron chi connectivity index (χ4n) is 0.999. The van der Waals surface area contributed by atoms with E-state index in [1.165, 1.54) is 5.56 Å². The Morgan fingerprint density at radius 1 is 0.550 bits per heavy atom. The van der Waals surface area contributed by atoms with Gasteiger partial charge in [0.2, 0.25) is 0 Å². The van der Waals surface area contributed by atoms with Crippen molar-refractivity contribution in [2.45, 2.75) is 55.4 Å². The molecule has 2 heterocycles. The van der Waals surface area contributed by atoms with Gasteiger partial charge in [-0.25, -0.2) is 0 Å². The molecule has 0 atom stereocenters. The molecule has 2 aromatic heterocycles. The molecule has 0 aliphatic carbocycles. The Bertz CT molecular complexity index is 333. The van der Waals surface area contributed by atoms with Crippen LogP contribution < -0.4 is 0 Å². The molecule has 0 unspecified atom stereocenters. The molecule has 3 nitrogen and oxygen atoms in total. The van der Waals surface area contributed by atoms with Crippen molar-refractivity contribution in [1.29, 1.82) is 0 Å². The third-order valence-electron chi connectivity index (χ3n) is 1.97. The zero-order valence-corrected chi connectivity index (χ0v) is 14.2. The highest BCUT2D eigenvalue weighted by Gasteiger charge is 1.82. The molecule has 0 aliphatic rings. The van der Waals surface area contributed by atoms with Gasteiger partial charge in [0, 0.05) is 24.3 Å². The number of hydrogen-bond donors (Lipinski definition) is 0. The maximum Gasteiger partial charge on any atom is 0.0555 e. The SMILES string of the molecule is CC.CC.Cc1ccc(C)nc1.Cc1cnc(C)cn1. The summed E-state index contributed by atoms with van der Waals surface area (Å²) in [4.78, 5) is 12.1. The zero-order chi connectivity index (χ0) is 16.0. The topological polar surface area (TPSA) is 38.7 Å². The lowest BCUT2D eigenvalue weighted by molar-refractivity contribution is 1.06. The number of nitrogens with zero attached hydrogens (tertiary/aromatic N) is 3. The van der Waals surface area contributed by atoms with Crippen LogP contribution in [-0.4, -0.2) is 15.0 Å². The molecule has 2 rings (SSSR count). The summed E-state index contributed by atoms with van der Waals surface area (Å²) in [7, 11) is 0. The van der Waals surface area contributed by atoms with E-state index in [2.05, 4.69) is 21.0 Å². The molecule has 0 spiro atoms. The summed E-state index contributed by atoms with van der Waals surface area (Å²) in [5.41, 5.74) is 4.23. The summed E-state index contributed by atoms with van der Waals surface area (Å²) in [6, 6.07) is 4.07. The molecule has 2 aromatic rings. The molecular weight excluding hydrogens is 246 g/mol. The van der Waals surface area contributed by atoms with Crippen LogP contribution in [0.4, 0.5) is 0 Å². The maximum atomic E-state index is 4.08. The van der Waals surface area contributed by atoms with Crippen LogP contribution in [0.25, 0.3) is 0 Å². The predicted molar refractivity (Wildman–Crippen MR) is 87.9 cm³/mol. The third-order valence-corrected chi connectivity index (χ3v) is 1.97. The van der Waals surface area contributed by atoms with Crippen molar-refractivity contribution in [3.05, 3.63) is 53.4 Å². The van der Waals surface area contributed by atoms with E-state index in [4.69, 9.17) is 0 Å². The molecule has 0 aromatic carbocycles. The average molecular weight is 275 g/mol. The van der Waals surface area contributed by atoms with Gasteiger partial charge >= 0.3 is 0 Å². The van der Waals surface area contributed by atoms with Crippen LogP contribution in [0.15, 0.2) is 30.7 Å². The standard InChI is InChI=1S/C7H9N.C6H8N2.2C2H6/c1-6-3-4-7(2)8-5-6;1-5-3-8-6(2)4-7-5;2*1-2/h3-5H,1-2H3;3-4H,1-2H3;2*1-2H3. The van der Waals surface area contributed by atoms with Crippen molar-refractivity contribution in [2.24, 2.45) is 0 Å². The van der Waals surface area contributed by atoms with Gasteiger partial charge in [0.15, 0.2) is 0 Å². The van der Waals surface area contributed by atoms with Crippen LogP contribution in [0.1, 0.15) is 50.3 Å². The lowest BCUT2D eigenvalue weighted by atomic mass is 10.3. The first-order valence-electron chi connectivity index (χ1n) is 7.22. The fourth-order valence-corrected chi connectivity index (χ4v) is 0.999. The van der Waals surface area contributed by atoms with Crippen LogP contribution in [-0.2, 0) is 0 Å². The molecule has 3 heteroatoms. The molecule has 0 N–H and O–H groups in total. The van der Waals surface area contributed by atoms with Crippen molar-refractivity contribution >= 4 is 0 Å². The quantitative estimate of drug-likeness (QED) is 0.690. The molecule has 0 radical (unpaired) electrons. The van der Waals surface area contributed by atoms with Crippen molar-refractivity contribution in [3.8, 4) is 0 Å². The minimum absolute atomic E-state index is 0.968. The van der Waals surface area contributed by atoms with E-state index in [-0.39, 0.29) is 0 Å². The molecule has 0 aliphatic heterocycles. The monoisotopic (exact) mass is 275 g/mol. The van der Waals surface area contributed by atoms with E-state index in [0.29, 0.717) is 0 Å². The fraction of sp³-hybridized carbons (Fsp3) is 0.471. The number of hydrogen-bond acceptors (Lipinski definition) is 3. The predicted octanol–water partition coefficient (Wildman–Crippen LogP) is 4.84. The molecule has 0 saturated heterocycles. The number of pyridine rings is 1. The van der Waals surface area contributed by atoms with E-state index in [0.717, 1.165) is 17.1 Å². The summed E-state index contributed by atoms with van der Waals surface area (Å²) in [6.07, 6.45) is 5.39. The summed E-state index contributed by atoms with van der Waals surface area (Å²) in [6.45, 7) is 15.9. The Balaban J connectivity index is 0. The van der Waals surface area contributed by atoms with E-state index < -0.39 is 0 Å². The van der Waals surface area contributed by atoms with Gasteiger partial charge in [-0.2, -0.15) is 0 Å². The van der Waals surface area contributed by atoms with E-state index in [1.54, 1.807) is 12.4 Å². The first-order valence-corrected chi connectivity index (χ1v) is 7.22. The average Bonchev–Trinajstić information content (AvgIpc) is 2.50. The van der Waals surface area contributed by atoms with Gasteiger partial charge in [-0.15, -0.1) is 0 Å². The van der Waals surface area contributed by atoms with Crippen molar-refractivity contribution in [1.82, 2.24) is 15.0 Å². The molecule has 112 valence electrons. The zero-order valence-electron chi connectivity index (χ0n) is 14.2. The van der Waals surface area contributed by atoms with Crippen molar-refractivity contribution in [3.63, 3.8) is 0 Å². The Hall–Kier alpha value is -1.77. The van der Waals surface area contributed by atoms with E-state index in [9.17, 15) is 0 Å². The number of rotatable bonds is 0. The lowest BCUT2D eigenvalue weighted by Gasteiger charge is -1.89. The van der Waals surface area contributed by atoms with Gasteiger partial charge in [-0.1, -0.05) is 33.8 Å². The Morgan fingerprint density at radius 2 is 0.950 bits per heavy atom. The Labute approximate surface area is 124 Å². The van der Waals surface area contributed by atoms with Crippen molar-refractivity contribution in [2.75, 3.05) is 0 Å². The second-order valence-corrected chi connectivity index (χ2v) is 3.78. The smallest absolute Gasteiger partial charge is 0.0555 e. The first kappa shape index (κ1) is 20.5. The first-order chi connectivity index (χ1) is 9.58. The summed E-state index contributed by atoms with van der Waals surface area (Å²) in [5, 5.41) is 0. The largest absolute Gasteiger partial charge is 0.261 e. The van der Waals surface area contributed by atoms with Gasteiger partial charge < -0.3 is 0 Å². The van der Waals surface area contributed by atoms with Crippen LogP contribution in [0.2, 0.25) is 0 Å². The Kier molecular flexibility index (Phi) is 14.0. The summed E-state index contributed by atoms with van der Waals surface area (Å²) in [5.74, 6) is 0. The molecule has 0 saturated carbocycles. The second-order valence-electron chi connectivity index (χ2n) is 3.78. The lowest BCUT2D eigenvalue weighted by Crippen LogP contribution is -1.84. The summed E-state index contributed by atoms with van der Waals surface area (Å²) < 4.78 is 0. The van der Waals surface area contributed by atoms with Gasteiger partial charge in [0.25, 0.3) is 0 Å². The number of aromatic nitrogens is 3. The third kappa shape index (κ3) is 11.3. The van der Waals surface area contributed by atoms with Crippen LogP contribution in [0, 0.1) is 27.7 Å². The van der Waals surface area contributed by atoms with Gasteiger partial charge in [-0.3, -0.25) is 15.0 Å². The van der Waals surface area contributed by atoms with Crippen LogP contribution >= 0.6 is 0 Å². The maximum absolute atomic E-state index is 4.08. The van der Waals surface area contributed by atoms with Crippen LogP contribution in [0.3, 0.4) is 0 Å².